The number of carboxylic acid groups (broad SMARTS) is 1. The summed E-state index contributed by atoms with van der Waals surface area (Å²) < 4.78 is 5.14. The summed E-state index contributed by atoms with van der Waals surface area (Å²) in [5.74, 6) is -0.656. The lowest BCUT2D eigenvalue weighted by Gasteiger charge is -2.47. The van der Waals surface area contributed by atoms with Gasteiger partial charge < -0.3 is 20.5 Å². The maximum Gasteiger partial charge on any atom is 0.352 e. The first-order valence-corrected chi connectivity index (χ1v) is 9.80. The molecule has 2 atom stereocenters. The van der Waals surface area contributed by atoms with E-state index in [0.29, 0.717) is 35.6 Å². The summed E-state index contributed by atoms with van der Waals surface area (Å²) in [5.41, 5.74) is 7.44. The summed E-state index contributed by atoms with van der Waals surface area (Å²) in [6.07, 6.45) is 2.12. The number of benzene rings is 1. The minimum atomic E-state index is -1.19. The number of ether oxygens (including phenoxy) is 1. The van der Waals surface area contributed by atoms with Crippen LogP contribution < -0.4 is 15.4 Å². The van der Waals surface area contributed by atoms with E-state index in [2.05, 4.69) is 0 Å². The van der Waals surface area contributed by atoms with Gasteiger partial charge in [-0.05, 0) is 42.3 Å². The molecule has 1 aromatic rings. The van der Waals surface area contributed by atoms with Gasteiger partial charge in [-0.25, -0.2) is 4.79 Å². The number of β-lactam (4-membered cyclic amide) rings is 1. The number of carbonyl (C=O) groups is 3. The fraction of sp³-hybridized carbons (Fsp3) is 0.316. The molecule has 9 heteroatoms. The van der Waals surface area contributed by atoms with Crippen LogP contribution in [0.3, 0.4) is 0 Å². The van der Waals surface area contributed by atoms with Crippen LogP contribution in [0.1, 0.15) is 6.42 Å². The van der Waals surface area contributed by atoms with Crippen molar-refractivity contribution in [2.45, 2.75) is 17.8 Å². The van der Waals surface area contributed by atoms with Gasteiger partial charge in [0, 0.05) is 23.6 Å². The van der Waals surface area contributed by atoms with Gasteiger partial charge in [-0.2, -0.15) is 0 Å². The molecule has 0 radical (unpaired) electrons. The summed E-state index contributed by atoms with van der Waals surface area (Å²) in [6, 6.07) is 6.51. The number of hydrogen-bond acceptors (Lipinski definition) is 6. The minimum Gasteiger partial charge on any atom is -0.497 e. The van der Waals surface area contributed by atoms with Crippen molar-refractivity contribution in [3.8, 4) is 5.75 Å². The van der Waals surface area contributed by atoms with Crippen molar-refractivity contribution >= 4 is 35.2 Å². The van der Waals surface area contributed by atoms with Gasteiger partial charge >= 0.3 is 5.97 Å². The normalized spacial score (nSPS) is 25.9. The fourth-order valence-corrected chi connectivity index (χ4v) is 4.87. The smallest absolute Gasteiger partial charge is 0.352 e. The van der Waals surface area contributed by atoms with Gasteiger partial charge in [-0.3, -0.25) is 14.5 Å². The molecule has 2 fully saturated rings. The molecule has 0 aromatic heterocycles. The maximum absolute atomic E-state index is 12.8. The third-order valence-corrected chi connectivity index (χ3v) is 6.42. The number of nitrogens with two attached hydrogens (primary N) is 1. The molecule has 146 valence electrons. The summed E-state index contributed by atoms with van der Waals surface area (Å²) >= 11 is 1.42. The zero-order chi connectivity index (χ0) is 20.0. The molecule has 0 bridgehead atoms. The van der Waals surface area contributed by atoms with Gasteiger partial charge in [0.05, 0.1) is 7.11 Å². The molecule has 3 aliphatic heterocycles. The van der Waals surface area contributed by atoms with Crippen molar-refractivity contribution in [2.75, 3.05) is 24.3 Å². The summed E-state index contributed by atoms with van der Waals surface area (Å²) in [7, 11) is 1.58. The number of hydrogen-bond donors (Lipinski definition) is 2. The molecule has 3 N–H and O–H groups in total. The predicted octanol–water partition coefficient (Wildman–Crippen LogP) is 0.939. The Hall–Kier alpha value is -2.78. The second-order valence-corrected chi connectivity index (χ2v) is 7.79. The number of carbonyl (C=O) groups excluding carboxylic acids is 2. The van der Waals surface area contributed by atoms with E-state index in [1.165, 1.54) is 16.7 Å². The SMILES string of the molecule is COc1ccc(N2CCC(=CC3=C(C(=O)O)N4C(=O)[C@@H](N)[C@H]4SC3)C2=O)cc1. The van der Waals surface area contributed by atoms with Crippen LogP contribution in [0, 0.1) is 0 Å². The molecule has 2 saturated heterocycles. The van der Waals surface area contributed by atoms with Crippen LogP contribution in [0.2, 0.25) is 0 Å². The third kappa shape index (κ3) is 2.87. The van der Waals surface area contributed by atoms with Crippen LogP contribution in [0.5, 0.6) is 5.75 Å². The van der Waals surface area contributed by atoms with Crippen LogP contribution in [0.4, 0.5) is 5.69 Å². The number of methoxy groups -OCH3 is 1. The van der Waals surface area contributed by atoms with E-state index in [9.17, 15) is 19.5 Å². The number of amides is 2. The molecule has 1 aromatic carbocycles. The van der Waals surface area contributed by atoms with Crippen LogP contribution in [-0.4, -0.2) is 58.6 Å². The fourth-order valence-electron chi connectivity index (χ4n) is 3.62. The molecule has 3 heterocycles. The highest BCUT2D eigenvalue weighted by Gasteiger charge is 2.51. The Labute approximate surface area is 165 Å². The van der Waals surface area contributed by atoms with E-state index in [1.54, 1.807) is 30.2 Å². The number of nitrogens with zero attached hydrogens (tertiary/aromatic N) is 2. The number of allylic oxidation sites excluding steroid dienone is 1. The van der Waals surface area contributed by atoms with Crippen molar-refractivity contribution < 1.29 is 24.2 Å². The quantitative estimate of drug-likeness (QED) is 0.570. The Morgan fingerprint density at radius 2 is 2.04 bits per heavy atom. The van der Waals surface area contributed by atoms with Gasteiger partial charge in [-0.1, -0.05) is 0 Å². The molecule has 0 spiro atoms. The third-order valence-electron chi connectivity index (χ3n) is 5.10. The van der Waals surface area contributed by atoms with Crippen LogP contribution in [-0.2, 0) is 14.4 Å². The summed E-state index contributed by atoms with van der Waals surface area (Å²) in [6.45, 7) is 0.510. The molecule has 28 heavy (non-hydrogen) atoms. The number of anilines is 1. The van der Waals surface area contributed by atoms with Crippen molar-refractivity contribution in [3.05, 3.63) is 47.2 Å². The lowest BCUT2D eigenvalue weighted by Crippen LogP contribution is -2.68. The highest BCUT2D eigenvalue weighted by Crippen LogP contribution is 2.40. The summed E-state index contributed by atoms with van der Waals surface area (Å²) in [4.78, 5) is 39.5. The van der Waals surface area contributed by atoms with Gasteiger partial charge in [-0.15, -0.1) is 11.8 Å². The largest absolute Gasteiger partial charge is 0.497 e. The number of carboxylic acids is 1. The Balaban J connectivity index is 1.62. The van der Waals surface area contributed by atoms with E-state index < -0.39 is 17.9 Å². The molecule has 8 nitrogen and oxygen atoms in total. The molecule has 4 rings (SSSR count). The van der Waals surface area contributed by atoms with Crippen molar-refractivity contribution in [1.29, 1.82) is 0 Å². The van der Waals surface area contributed by atoms with E-state index in [0.717, 1.165) is 5.69 Å². The number of thioether (sulfide) groups is 1. The van der Waals surface area contributed by atoms with Gasteiger partial charge in [0.25, 0.3) is 5.91 Å². The highest BCUT2D eigenvalue weighted by atomic mass is 32.2. The van der Waals surface area contributed by atoms with E-state index in [-0.39, 0.29) is 17.0 Å². The molecular formula is C19H19N3O5S. The monoisotopic (exact) mass is 401 g/mol. The first-order valence-electron chi connectivity index (χ1n) is 8.75. The zero-order valence-electron chi connectivity index (χ0n) is 15.1. The standard InChI is InChI=1S/C19H19N3O5S/c1-27-13-4-2-12(3-5-13)21-7-6-10(16(21)23)8-11-9-28-18-14(20)17(24)22(18)15(11)19(25)26/h2-5,8,14,18H,6-7,9,20H2,1H3,(H,25,26)/t14-,18-/m1/s1. The average molecular weight is 401 g/mol. The van der Waals surface area contributed by atoms with Gasteiger partial charge in [0.1, 0.15) is 22.9 Å². The van der Waals surface area contributed by atoms with Crippen LogP contribution >= 0.6 is 11.8 Å². The number of aliphatic carboxylic acids is 1. The second kappa shape index (κ2) is 6.99. The molecule has 0 aliphatic carbocycles. The van der Waals surface area contributed by atoms with E-state index >= 15 is 0 Å². The number of rotatable bonds is 4. The van der Waals surface area contributed by atoms with Crippen molar-refractivity contribution in [3.63, 3.8) is 0 Å². The number of fused-ring (bicyclic) bond motifs is 1. The zero-order valence-corrected chi connectivity index (χ0v) is 15.9. The Morgan fingerprint density at radius 3 is 2.68 bits per heavy atom. The maximum atomic E-state index is 12.8. The first kappa shape index (κ1) is 18.6. The van der Waals surface area contributed by atoms with Crippen molar-refractivity contribution in [2.24, 2.45) is 5.73 Å². The van der Waals surface area contributed by atoms with Crippen molar-refractivity contribution in [1.82, 2.24) is 4.90 Å². The van der Waals surface area contributed by atoms with Crippen LogP contribution in [0.15, 0.2) is 47.2 Å². The first-order chi connectivity index (χ1) is 13.4. The Morgan fingerprint density at radius 1 is 1.32 bits per heavy atom. The molecule has 0 saturated carbocycles. The topological polar surface area (TPSA) is 113 Å². The van der Waals surface area contributed by atoms with E-state index in [1.807, 2.05) is 12.1 Å². The second-order valence-electron chi connectivity index (χ2n) is 6.69. The predicted molar refractivity (Wildman–Crippen MR) is 104 cm³/mol. The highest BCUT2D eigenvalue weighted by molar-refractivity contribution is 8.00. The average Bonchev–Trinajstić information content (AvgIpc) is 3.07. The van der Waals surface area contributed by atoms with E-state index in [4.69, 9.17) is 10.5 Å². The Kier molecular flexibility index (Phi) is 4.64. The van der Waals surface area contributed by atoms with Gasteiger partial charge in [0.15, 0.2) is 0 Å². The lowest BCUT2D eigenvalue weighted by atomic mass is 10.0. The van der Waals surface area contributed by atoms with Crippen LogP contribution in [0.25, 0.3) is 0 Å². The minimum absolute atomic E-state index is 0.0707. The van der Waals surface area contributed by atoms with Gasteiger partial charge in [0.2, 0.25) is 5.91 Å². The Bertz CT molecular complexity index is 924. The lowest BCUT2D eigenvalue weighted by molar-refractivity contribution is -0.147. The molecule has 3 aliphatic rings. The molecular weight excluding hydrogens is 382 g/mol. The summed E-state index contributed by atoms with van der Waals surface area (Å²) in [5, 5.41) is 9.26. The molecule has 2 amide bonds. The molecule has 0 unspecified atom stereocenters.